The number of aryl methyl sites for hydroxylation is 1. The standard InChI is InChI=1S/C14H16BrNOS/c1-7-6-18-14(16-7)11-10(4)12(15)8(2)9(3)13(11)17-5/h6H,1-5H3. The fourth-order valence-corrected chi connectivity index (χ4v) is 3.46. The van der Waals surface area contributed by atoms with E-state index in [1.165, 1.54) is 11.1 Å². The molecule has 1 aromatic heterocycles. The first kappa shape index (κ1) is 13.6. The van der Waals surface area contributed by atoms with Crippen LogP contribution in [-0.2, 0) is 0 Å². The molecular formula is C14H16BrNOS. The number of hydrogen-bond donors (Lipinski definition) is 0. The number of rotatable bonds is 2. The summed E-state index contributed by atoms with van der Waals surface area (Å²) in [5.41, 5.74) is 5.72. The second kappa shape index (κ2) is 5.02. The van der Waals surface area contributed by atoms with Crippen molar-refractivity contribution in [1.82, 2.24) is 4.98 Å². The number of methoxy groups -OCH3 is 1. The predicted molar refractivity (Wildman–Crippen MR) is 80.8 cm³/mol. The van der Waals surface area contributed by atoms with Crippen LogP contribution in [0.25, 0.3) is 10.6 Å². The quantitative estimate of drug-likeness (QED) is 0.790. The Labute approximate surface area is 120 Å². The van der Waals surface area contributed by atoms with Crippen molar-refractivity contribution in [1.29, 1.82) is 0 Å². The van der Waals surface area contributed by atoms with E-state index in [1.54, 1.807) is 18.4 Å². The van der Waals surface area contributed by atoms with Crippen LogP contribution in [0.4, 0.5) is 0 Å². The van der Waals surface area contributed by atoms with E-state index >= 15 is 0 Å². The summed E-state index contributed by atoms with van der Waals surface area (Å²) in [6.07, 6.45) is 0. The second-order valence-corrected chi connectivity index (χ2v) is 6.04. The molecule has 2 aromatic rings. The zero-order valence-electron chi connectivity index (χ0n) is 11.2. The summed E-state index contributed by atoms with van der Waals surface area (Å²) < 4.78 is 6.74. The van der Waals surface area contributed by atoms with Crippen molar-refractivity contribution < 1.29 is 4.74 Å². The summed E-state index contributed by atoms with van der Waals surface area (Å²) in [5.74, 6) is 0.933. The highest BCUT2D eigenvalue weighted by Gasteiger charge is 2.19. The Balaban J connectivity index is 2.81. The van der Waals surface area contributed by atoms with Crippen LogP contribution in [0.15, 0.2) is 9.85 Å². The highest BCUT2D eigenvalue weighted by Crippen LogP contribution is 2.42. The Morgan fingerprint density at radius 3 is 2.28 bits per heavy atom. The summed E-state index contributed by atoms with van der Waals surface area (Å²) in [4.78, 5) is 4.58. The molecule has 0 aliphatic rings. The van der Waals surface area contributed by atoms with E-state index in [2.05, 4.69) is 47.1 Å². The van der Waals surface area contributed by atoms with Crippen LogP contribution < -0.4 is 4.74 Å². The average molecular weight is 326 g/mol. The van der Waals surface area contributed by atoms with Gasteiger partial charge in [-0.25, -0.2) is 4.98 Å². The van der Waals surface area contributed by atoms with E-state index in [9.17, 15) is 0 Å². The molecule has 96 valence electrons. The molecule has 0 saturated carbocycles. The van der Waals surface area contributed by atoms with Gasteiger partial charge in [0.25, 0.3) is 0 Å². The highest BCUT2D eigenvalue weighted by atomic mass is 79.9. The zero-order valence-corrected chi connectivity index (χ0v) is 13.6. The third-order valence-corrected chi connectivity index (χ3v) is 5.37. The van der Waals surface area contributed by atoms with Gasteiger partial charge in [0.1, 0.15) is 10.8 Å². The molecule has 1 heterocycles. The van der Waals surface area contributed by atoms with Gasteiger partial charge in [-0.2, -0.15) is 0 Å². The molecule has 0 atom stereocenters. The lowest BCUT2D eigenvalue weighted by molar-refractivity contribution is 0.412. The Morgan fingerprint density at radius 1 is 1.11 bits per heavy atom. The molecule has 0 radical (unpaired) electrons. The lowest BCUT2D eigenvalue weighted by Crippen LogP contribution is -1.98. The van der Waals surface area contributed by atoms with Crippen LogP contribution in [0, 0.1) is 27.7 Å². The third kappa shape index (κ3) is 2.08. The van der Waals surface area contributed by atoms with E-state index in [1.807, 2.05) is 6.92 Å². The molecular weight excluding hydrogens is 310 g/mol. The van der Waals surface area contributed by atoms with Crippen LogP contribution in [0.3, 0.4) is 0 Å². The van der Waals surface area contributed by atoms with Gasteiger partial charge in [0, 0.05) is 15.5 Å². The molecule has 0 spiro atoms. The van der Waals surface area contributed by atoms with Gasteiger partial charge < -0.3 is 4.74 Å². The van der Waals surface area contributed by atoms with Crippen molar-refractivity contribution in [2.45, 2.75) is 27.7 Å². The van der Waals surface area contributed by atoms with Crippen molar-refractivity contribution >= 4 is 27.3 Å². The molecule has 0 aliphatic heterocycles. The molecule has 0 aliphatic carbocycles. The topological polar surface area (TPSA) is 22.1 Å². The van der Waals surface area contributed by atoms with E-state index in [0.717, 1.165) is 32.1 Å². The van der Waals surface area contributed by atoms with E-state index < -0.39 is 0 Å². The normalized spacial score (nSPS) is 10.8. The minimum Gasteiger partial charge on any atom is -0.496 e. The number of nitrogens with zero attached hydrogens (tertiary/aromatic N) is 1. The smallest absolute Gasteiger partial charge is 0.132 e. The van der Waals surface area contributed by atoms with Gasteiger partial charge >= 0.3 is 0 Å². The molecule has 4 heteroatoms. The molecule has 2 nitrogen and oxygen atoms in total. The Bertz CT molecular complexity index is 604. The summed E-state index contributed by atoms with van der Waals surface area (Å²) in [6.45, 7) is 8.30. The Hall–Kier alpha value is -0.870. The Kier molecular flexibility index (Phi) is 3.78. The van der Waals surface area contributed by atoms with Crippen LogP contribution in [0.2, 0.25) is 0 Å². The van der Waals surface area contributed by atoms with Gasteiger partial charge in [0.15, 0.2) is 0 Å². The number of benzene rings is 1. The summed E-state index contributed by atoms with van der Waals surface area (Å²) >= 11 is 5.33. The molecule has 0 unspecified atom stereocenters. The first-order valence-corrected chi connectivity index (χ1v) is 7.40. The minimum atomic E-state index is 0.933. The molecule has 1 aromatic carbocycles. The maximum absolute atomic E-state index is 5.60. The van der Waals surface area contributed by atoms with E-state index in [0.29, 0.717) is 0 Å². The van der Waals surface area contributed by atoms with E-state index in [4.69, 9.17) is 4.74 Å². The van der Waals surface area contributed by atoms with Crippen LogP contribution >= 0.6 is 27.3 Å². The summed E-state index contributed by atoms with van der Waals surface area (Å²) in [7, 11) is 1.72. The third-order valence-electron chi connectivity index (χ3n) is 3.20. The first-order chi connectivity index (χ1) is 8.47. The van der Waals surface area contributed by atoms with Crippen molar-refractivity contribution in [2.75, 3.05) is 7.11 Å². The van der Waals surface area contributed by atoms with Crippen molar-refractivity contribution in [3.05, 3.63) is 32.2 Å². The average Bonchev–Trinajstić information content (AvgIpc) is 2.77. The first-order valence-electron chi connectivity index (χ1n) is 5.73. The van der Waals surface area contributed by atoms with Gasteiger partial charge in [-0.1, -0.05) is 15.9 Å². The lowest BCUT2D eigenvalue weighted by Gasteiger charge is -2.17. The zero-order chi connectivity index (χ0) is 13.4. The maximum atomic E-state index is 5.60. The molecule has 0 fully saturated rings. The van der Waals surface area contributed by atoms with Crippen molar-refractivity contribution in [2.24, 2.45) is 0 Å². The molecule has 0 amide bonds. The van der Waals surface area contributed by atoms with Gasteiger partial charge in [0.2, 0.25) is 0 Å². The number of hydrogen-bond acceptors (Lipinski definition) is 3. The molecule has 0 saturated heterocycles. The van der Waals surface area contributed by atoms with Gasteiger partial charge in [0.05, 0.1) is 12.7 Å². The number of thiazole rings is 1. The molecule has 2 rings (SSSR count). The fraction of sp³-hybridized carbons (Fsp3) is 0.357. The molecule has 0 N–H and O–H groups in total. The van der Waals surface area contributed by atoms with Gasteiger partial charge in [-0.05, 0) is 44.4 Å². The number of aromatic nitrogens is 1. The van der Waals surface area contributed by atoms with Gasteiger partial charge in [-0.3, -0.25) is 0 Å². The largest absolute Gasteiger partial charge is 0.496 e. The highest BCUT2D eigenvalue weighted by molar-refractivity contribution is 9.10. The van der Waals surface area contributed by atoms with Crippen molar-refractivity contribution in [3.8, 4) is 16.3 Å². The minimum absolute atomic E-state index is 0.933. The predicted octanol–water partition coefficient (Wildman–Crippen LogP) is 4.81. The molecule has 18 heavy (non-hydrogen) atoms. The lowest BCUT2D eigenvalue weighted by atomic mass is 9.99. The fourth-order valence-electron chi connectivity index (χ4n) is 2.07. The molecule has 0 bridgehead atoms. The second-order valence-electron chi connectivity index (χ2n) is 4.39. The number of halogens is 1. The SMILES string of the molecule is COc1c(C)c(C)c(Br)c(C)c1-c1nc(C)cs1. The monoisotopic (exact) mass is 325 g/mol. The Morgan fingerprint density at radius 2 is 1.78 bits per heavy atom. The summed E-state index contributed by atoms with van der Waals surface area (Å²) in [5, 5.41) is 3.09. The number of ether oxygens (including phenoxy) is 1. The van der Waals surface area contributed by atoms with Crippen molar-refractivity contribution in [3.63, 3.8) is 0 Å². The van der Waals surface area contributed by atoms with Crippen LogP contribution in [0.1, 0.15) is 22.4 Å². The van der Waals surface area contributed by atoms with Gasteiger partial charge in [-0.15, -0.1) is 11.3 Å². The van der Waals surface area contributed by atoms with Crippen LogP contribution in [0.5, 0.6) is 5.75 Å². The van der Waals surface area contributed by atoms with Crippen LogP contribution in [-0.4, -0.2) is 12.1 Å². The maximum Gasteiger partial charge on any atom is 0.132 e. The summed E-state index contributed by atoms with van der Waals surface area (Å²) in [6, 6.07) is 0. The van der Waals surface area contributed by atoms with E-state index in [-0.39, 0.29) is 0 Å².